The van der Waals surface area contributed by atoms with E-state index in [9.17, 15) is 0 Å². The number of fused-ring (bicyclic) bond motifs is 1. The van der Waals surface area contributed by atoms with Gasteiger partial charge in [-0.2, -0.15) is 0 Å². The van der Waals surface area contributed by atoms with Gasteiger partial charge in [-0.15, -0.1) is 0 Å². The minimum absolute atomic E-state index is 0.111. The predicted molar refractivity (Wildman–Crippen MR) is 85.3 cm³/mol. The molecule has 0 fully saturated rings. The number of rotatable bonds is 6. The Kier molecular flexibility index (Phi) is 4.49. The summed E-state index contributed by atoms with van der Waals surface area (Å²) in [5.74, 6) is 2.32. The van der Waals surface area contributed by atoms with Crippen LogP contribution in [-0.4, -0.2) is 12.8 Å². The van der Waals surface area contributed by atoms with Gasteiger partial charge in [-0.25, -0.2) is 0 Å². The lowest BCUT2D eigenvalue weighted by atomic mass is 10.0. The molecule has 0 bridgehead atoms. The van der Waals surface area contributed by atoms with Crippen molar-refractivity contribution in [2.24, 2.45) is 5.73 Å². The predicted octanol–water partition coefficient (Wildman–Crippen LogP) is 3.27. The molecule has 0 saturated heterocycles. The maximum absolute atomic E-state index is 6.10. The van der Waals surface area contributed by atoms with Crippen molar-refractivity contribution in [2.45, 2.75) is 32.4 Å². The van der Waals surface area contributed by atoms with Gasteiger partial charge in [-0.1, -0.05) is 37.3 Å². The van der Waals surface area contributed by atoms with Crippen LogP contribution < -0.4 is 19.9 Å². The average molecular weight is 299 g/mol. The number of nitrogens with two attached hydrogens (primary N) is 1. The topological polar surface area (TPSA) is 53.7 Å². The summed E-state index contributed by atoms with van der Waals surface area (Å²) in [6.45, 7) is 2.87. The second kappa shape index (κ2) is 6.71. The average Bonchev–Trinajstić information content (AvgIpc) is 3.00. The van der Waals surface area contributed by atoms with Gasteiger partial charge >= 0.3 is 0 Å². The van der Waals surface area contributed by atoms with E-state index >= 15 is 0 Å². The molecule has 0 amide bonds. The van der Waals surface area contributed by atoms with Gasteiger partial charge in [0, 0.05) is 12.1 Å². The van der Waals surface area contributed by atoms with Gasteiger partial charge in [0.25, 0.3) is 0 Å². The molecule has 4 heteroatoms. The van der Waals surface area contributed by atoms with Crippen molar-refractivity contribution in [3.05, 3.63) is 53.6 Å². The molecule has 0 aliphatic carbocycles. The van der Waals surface area contributed by atoms with Crippen molar-refractivity contribution in [3.8, 4) is 17.2 Å². The Hall–Kier alpha value is -2.20. The molecule has 3 rings (SSSR count). The van der Waals surface area contributed by atoms with Gasteiger partial charge in [0.1, 0.15) is 12.4 Å². The van der Waals surface area contributed by atoms with Crippen molar-refractivity contribution in [1.29, 1.82) is 0 Å². The van der Waals surface area contributed by atoms with E-state index in [-0.39, 0.29) is 12.8 Å². The van der Waals surface area contributed by atoms with E-state index in [1.165, 1.54) is 0 Å². The first-order valence-electron chi connectivity index (χ1n) is 7.61. The summed E-state index contributed by atoms with van der Waals surface area (Å²) < 4.78 is 16.9. The van der Waals surface area contributed by atoms with Crippen LogP contribution in [0, 0.1) is 0 Å². The Morgan fingerprint density at radius 2 is 1.86 bits per heavy atom. The second-order valence-corrected chi connectivity index (χ2v) is 5.46. The zero-order valence-electron chi connectivity index (χ0n) is 12.7. The fourth-order valence-corrected chi connectivity index (χ4v) is 2.42. The summed E-state index contributed by atoms with van der Waals surface area (Å²) in [4.78, 5) is 0. The molecule has 2 aromatic carbocycles. The van der Waals surface area contributed by atoms with Gasteiger partial charge in [0.05, 0.1) is 0 Å². The summed E-state index contributed by atoms with van der Waals surface area (Å²) in [6, 6.07) is 14.1. The third kappa shape index (κ3) is 3.34. The highest BCUT2D eigenvalue weighted by molar-refractivity contribution is 5.52. The lowest BCUT2D eigenvalue weighted by Crippen LogP contribution is -2.21. The monoisotopic (exact) mass is 299 g/mol. The summed E-state index contributed by atoms with van der Waals surface area (Å²) in [7, 11) is 0. The number of ether oxygens (including phenoxy) is 3. The van der Waals surface area contributed by atoms with Crippen molar-refractivity contribution < 1.29 is 14.2 Å². The first-order chi connectivity index (χ1) is 10.8. The van der Waals surface area contributed by atoms with Crippen LogP contribution >= 0.6 is 0 Å². The van der Waals surface area contributed by atoms with E-state index in [1.807, 2.05) is 42.5 Å². The van der Waals surface area contributed by atoms with E-state index < -0.39 is 0 Å². The molecule has 116 valence electrons. The van der Waals surface area contributed by atoms with Crippen LogP contribution in [0.3, 0.4) is 0 Å². The molecule has 0 spiro atoms. The van der Waals surface area contributed by atoms with Crippen LogP contribution in [0.15, 0.2) is 42.5 Å². The fraction of sp³-hybridized carbons (Fsp3) is 0.333. The van der Waals surface area contributed by atoms with Crippen LogP contribution in [0.5, 0.6) is 17.2 Å². The standard InChI is InChI=1S/C18H21NO3/c1-2-15(19)8-14-9-17-18(22-12-21-17)10-16(14)20-11-13-6-4-3-5-7-13/h3-7,9-10,15H,2,8,11-12,19H2,1H3. The van der Waals surface area contributed by atoms with Crippen molar-refractivity contribution in [1.82, 2.24) is 0 Å². The highest BCUT2D eigenvalue weighted by atomic mass is 16.7. The first-order valence-corrected chi connectivity index (χ1v) is 7.61. The largest absolute Gasteiger partial charge is 0.488 e. The summed E-state index contributed by atoms with van der Waals surface area (Å²) in [6.07, 6.45) is 1.68. The third-order valence-electron chi connectivity index (χ3n) is 3.80. The van der Waals surface area contributed by atoms with E-state index in [4.69, 9.17) is 19.9 Å². The molecule has 0 saturated carbocycles. The van der Waals surface area contributed by atoms with E-state index in [0.29, 0.717) is 6.61 Å². The maximum Gasteiger partial charge on any atom is 0.231 e. The molecular formula is C18H21NO3. The van der Waals surface area contributed by atoms with Crippen LogP contribution in [0.2, 0.25) is 0 Å². The molecule has 4 nitrogen and oxygen atoms in total. The summed E-state index contributed by atoms with van der Waals surface area (Å²) in [5, 5.41) is 0. The van der Waals surface area contributed by atoms with Crippen LogP contribution in [0.25, 0.3) is 0 Å². The molecule has 1 unspecified atom stereocenters. The molecule has 1 aliphatic rings. The quantitative estimate of drug-likeness (QED) is 0.889. The lowest BCUT2D eigenvalue weighted by Gasteiger charge is -2.15. The Labute approximate surface area is 130 Å². The van der Waals surface area contributed by atoms with Crippen molar-refractivity contribution in [3.63, 3.8) is 0 Å². The van der Waals surface area contributed by atoms with E-state index in [1.54, 1.807) is 0 Å². The Morgan fingerprint density at radius 3 is 2.59 bits per heavy atom. The number of benzene rings is 2. The highest BCUT2D eigenvalue weighted by Gasteiger charge is 2.19. The lowest BCUT2D eigenvalue weighted by molar-refractivity contribution is 0.173. The second-order valence-electron chi connectivity index (χ2n) is 5.46. The summed E-state index contributed by atoms with van der Waals surface area (Å²) in [5.41, 5.74) is 8.29. The van der Waals surface area contributed by atoms with Crippen molar-refractivity contribution >= 4 is 0 Å². The normalized spacial score (nSPS) is 13.9. The zero-order valence-corrected chi connectivity index (χ0v) is 12.7. The van der Waals surface area contributed by atoms with Gasteiger partial charge in [-0.05, 0) is 30.0 Å². The molecule has 1 atom stereocenters. The molecule has 22 heavy (non-hydrogen) atoms. The molecular weight excluding hydrogens is 278 g/mol. The minimum Gasteiger partial charge on any atom is -0.488 e. The minimum atomic E-state index is 0.111. The zero-order chi connectivity index (χ0) is 15.4. The third-order valence-corrected chi connectivity index (χ3v) is 3.80. The number of hydrogen-bond donors (Lipinski definition) is 1. The smallest absolute Gasteiger partial charge is 0.231 e. The van der Waals surface area contributed by atoms with Crippen LogP contribution in [-0.2, 0) is 13.0 Å². The van der Waals surface area contributed by atoms with Gasteiger partial charge in [0.2, 0.25) is 6.79 Å². The van der Waals surface area contributed by atoms with Crippen molar-refractivity contribution in [2.75, 3.05) is 6.79 Å². The molecule has 1 aliphatic heterocycles. The molecule has 2 aromatic rings. The van der Waals surface area contributed by atoms with Crippen LogP contribution in [0.1, 0.15) is 24.5 Å². The summed E-state index contributed by atoms with van der Waals surface area (Å²) >= 11 is 0. The Balaban J connectivity index is 1.81. The van der Waals surface area contributed by atoms with Gasteiger partial charge in [-0.3, -0.25) is 0 Å². The van der Waals surface area contributed by atoms with Crippen LogP contribution in [0.4, 0.5) is 0 Å². The molecule has 0 radical (unpaired) electrons. The number of hydrogen-bond acceptors (Lipinski definition) is 4. The Bertz CT molecular complexity index is 628. The first kappa shape index (κ1) is 14.7. The molecule has 2 N–H and O–H groups in total. The van der Waals surface area contributed by atoms with Gasteiger partial charge in [0.15, 0.2) is 11.5 Å². The molecule has 1 heterocycles. The SMILES string of the molecule is CCC(N)Cc1cc2c(cc1OCc1ccccc1)OCO2. The highest BCUT2D eigenvalue weighted by Crippen LogP contribution is 2.38. The molecule has 0 aromatic heterocycles. The Morgan fingerprint density at radius 1 is 1.14 bits per heavy atom. The van der Waals surface area contributed by atoms with Gasteiger partial charge < -0.3 is 19.9 Å². The van der Waals surface area contributed by atoms with E-state index in [0.717, 1.165) is 41.2 Å². The van der Waals surface area contributed by atoms with E-state index in [2.05, 4.69) is 6.92 Å². The maximum atomic E-state index is 6.10. The fourth-order valence-electron chi connectivity index (χ4n) is 2.42.